The van der Waals surface area contributed by atoms with E-state index >= 15 is 0 Å². The van der Waals surface area contributed by atoms with E-state index in [0.29, 0.717) is 11.1 Å². The Balaban J connectivity index is 1.78. The van der Waals surface area contributed by atoms with Crippen LogP contribution < -0.4 is 0 Å². The second-order valence-corrected chi connectivity index (χ2v) is 8.14. The monoisotopic (exact) mass is 336 g/mol. The minimum atomic E-state index is -3.11. The Kier molecular flexibility index (Phi) is 3.97. The average molecular weight is 336 g/mol. The molecule has 1 fully saturated rings. The first-order valence-corrected chi connectivity index (χ1v) is 9.07. The summed E-state index contributed by atoms with van der Waals surface area (Å²) in [6.45, 7) is 2.06. The number of H-pyrrole nitrogens is 1. The molecule has 7 heteroatoms. The van der Waals surface area contributed by atoms with Crippen LogP contribution in [0, 0.1) is 5.82 Å². The second kappa shape index (κ2) is 5.81. The van der Waals surface area contributed by atoms with E-state index in [-0.39, 0.29) is 30.6 Å². The van der Waals surface area contributed by atoms with Crippen LogP contribution in [0.5, 0.6) is 0 Å². The molecule has 0 spiro atoms. The minimum Gasteiger partial charge on any atom is -0.366 e. The van der Waals surface area contributed by atoms with Gasteiger partial charge in [-0.1, -0.05) is 19.1 Å². The van der Waals surface area contributed by atoms with Gasteiger partial charge in [0.15, 0.2) is 9.84 Å². The van der Waals surface area contributed by atoms with E-state index < -0.39 is 15.1 Å². The van der Waals surface area contributed by atoms with Gasteiger partial charge in [-0.15, -0.1) is 0 Å². The third kappa shape index (κ3) is 2.88. The van der Waals surface area contributed by atoms with Gasteiger partial charge in [-0.05, 0) is 17.7 Å². The number of nitrogens with one attached hydrogen (secondary N) is 1. The van der Waals surface area contributed by atoms with Crippen molar-refractivity contribution in [2.75, 3.05) is 18.8 Å². The molecule has 1 saturated heterocycles. The lowest BCUT2D eigenvalue weighted by Crippen LogP contribution is -2.57. The van der Waals surface area contributed by atoms with Crippen molar-refractivity contribution in [3.05, 3.63) is 48.0 Å². The summed E-state index contributed by atoms with van der Waals surface area (Å²) >= 11 is 0. The van der Waals surface area contributed by atoms with Crippen molar-refractivity contribution in [3.63, 3.8) is 0 Å². The van der Waals surface area contributed by atoms with Gasteiger partial charge in [0, 0.05) is 36.8 Å². The van der Waals surface area contributed by atoms with E-state index in [1.807, 2.05) is 0 Å². The fraction of sp³-hybridized carbons (Fsp3) is 0.312. The summed E-state index contributed by atoms with van der Waals surface area (Å²) in [7, 11) is -3.11. The Bertz CT molecular complexity index is 821. The molecule has 1 aromatic heterocycles. The SMILES string of the molecule is CCS(=O)(=O)C1CN(C(=O)c2c[nH]cc2-c2ccc(F)cc2)C1. The molecule has 1 aliphatic heterocycles. The molecule has 0 aliphatic carbocycles. The highest BCUT2D eigenvalue weighted by Gasteiger charge is 2.39. The number of halogens is 1. The van der Waals surface area contributed by atoms with Crippen LogP contribution in [-0.2, 0) is 9.84 Å². The summed E-state index contributed by atoms with van der Waals surface area (Å²) in [5, 5.41) is -0.468. The van der Waals surface area contributed by atoms with Crippen LogP contribution in [0.1, 0.15) is 17.3 Å². The summed E-state index contributed by atoms with van der Waals surface area (Å²) in [4.78, 5) is 17.0. The standard InChI is InChI=1S/C16H17FN2O3S/c1-2-23(21,22)13-9-19(10-13)16(20)15-8-18-7-14(15)11-3-5-12(17)6-4-11/h3-8,13,18H,2,9-10H2,1H3. The number of likely N-dealkylation sites (tertiary alicyclic amines) is 1. The topological polar surface area (TPSA) is 70.2 Å². The number of aromatic nitrogens is 1. The molecule has 0 bridgehead atoms. The molecule has 3 rings (SSSR count). The Hall–Kier alpha value is -2.15. The van der Waals surface area contributed by atoms with E-state index in [0.717, 1.165) is 5.56 Å². The first kappa shape index (κ1) is 15.7. The summed E-state index contributed by atoms with van der Waals surface area (Å²) in [5.41, 5.74) is 1.87. The maximum atomic E-state index is 13.0. The average Bonchev–Trinajstić information content (AvgIpc) is 2.95. The third-order valence-electron chi connectivity index (χ3n) is 4.18. The van der Waals surface area contributed by atoms with E-state index in [1.54, 1.807) is 31.5 Å². The highest BCUT2D eigenvalue weighted by molar-refractivity contribution is 7.92. The number of aromatic amines is 1. The van der Waals surface area contributed by atoms with Crippen molar-refractivity contribution in [3.8, 4) is 11.1 Å². The van der Waals surface area contributed by atoms with Crippen LogP contribution in [0.4, 0.5) is 4.39 Å². The summed E-state index contributed by atoms with van der Waals surface area (Å²) in [6, 6.07) is 5.89. The molecule has 1 aliphatic rings. The zero-order valence-corrected chi connectivity index (χ0v) is 13.4. The van der Waals surface area contributed by atoms with Crippen LogP contribution in [0.25, 0.3) is 11.1 Å². The molecule has 2 heterocycles. The van der Waals surface area contributed by atoms with E-state index in [2.05, 4.69) is 4.98 Å². The molecule has 0 atom stereocenters. The zero-order chi connectivity index (χ0) is 16.6. The predicted octanol–water partition coefficient (Wildman–Crippen LogP) is 2.08. The molecular formula is C16H17FN2O3S. The van der Waals surface area contributed by atoms with Gasteiger partial charge in [0.25, 0.3) is 5.91 Å². The van der Waals surface area contributed by atoms with Crippen molar-refractivity contribution in [2.45, 2.75) is 12.2 Å². The maximum Gasteiger partial charge on any atom is 0.256 e. The molecule has 0 radical (unpaired) electrons. The minimum absolute atomic E-state index is 0.0880. The maximum absolute atomic E-state index is 13.0. The lowest BCUT2D eigenvalue weighted by molar-refractivity contribution is 0.0660. The van der Waals surface area contributed by atoms with Crippen LogP contribution in [0.3, 0.4) is 0 Å². The Labute approximate surface area is 134 Å². The van der Waals surface area contributed by atoms with Crippen molar-refractivity contribution < 1.29 is 17.6 Å². The first-order valence-electron chi connectivity index (χ1n) is 7.36. The molecule has 1 aromatic carbocycles. The fourth-order valence-corrected chi connectivity index (χ4v) is 3.93. The van der Waals surface area contributed by atoms with Gasteiger partial charge in [-0.3, -0.25) is 4.79 Å². The predicted molar refractivity (Wildman–Crippen MR) is 85.3 cm³/mol. The van der Waals surface area contributed by atoms with Crippen molar-refractivity contribution >= 4 is 15.7 Å². The van der Waals surface area contributed by atoms with Gasteiger partial charge in [0.05, 0.1) is 10.8 Å². The van der Waals surface area contributed by atoms with Crippen molar-refractivity contribution in [2.24, 2.45) is 0 Å². The number of benzene rings is 1. The molecule has 122 valence electrons. The highest BCUT2D eigenvalue weighted by atomic mass is 32.2. The summed E-state index contributed by atoms with van der Waals surface area (Å²) < 4.78 is 36.6. The Morgan fingerprint density at radius 3 is 2.52 bits per heavy atom. The zero-order valence-electron chi connectivity index (χ0n) is 12.6. The van der Waals surface area contributed by atoms with Crippen LogP contribution in [-0.4, -0.2) is 48.3 Å². The van der Waals surface area contributed by atoms with Gasteiger partial charge in [-0.2, -0.15) is 0 Å². The van der Waals surface area contributed by atoms with E-state index in [4.69, 9.17) is 0 Å². The summed E-state index contributed by atoms with van der Waals surface area (Å²) in [5.74, 6) is -0.467. The van der Waals surface area contributed by atoms with Crippen LogP contribution in [0.15, 0.2) is 36.7 Å². The molecule has 2 aromatic rings. The molecule has 5 nitrogen and oxygen atoms in total. The summed E-state index contributed by atoms with van der Waals surface area (Å²) in [6.07, 6.45) is 3.27. The quantitative estimate of drug-likeness (QED) is 0.929. The third-order valence-corrected chi connectivity index (χ3v) is 6.30. The fourth-order valence-electron chi connectivity index (χ4n) is 2.65. The molecule has 1 amide bonds. The van der Waals surface area contributed by atoms with E-state index in [1.165, 1.54) is 17.0 Å². The number of hydrogen-bond acceptors (Lipinski definition) is 3. The number of carbonyl (C=O) groups excluding carboxylic acids is 1. The Morgan fingerprint density at radius 1 is 1.26 bits per heavy atom. The highest BCUT2D eigenvalue weighted by Crippen LogP contribution is 2.27. The van der Waals surface area contributed by atoms with Gasteiger partial charge in [-0.25, -0.2) is 12.8 Å². The normalized spacial score (nSPS) is 15.5. The first-order chi connectivity index (χ1) is 10.9. The van der Waals surface area contributed by atoms with Gasteiger partial charge < -0.3 is 9.88 Å². The lowest BCUT2D eigenvalue weighted by Gasteiger charge is -2.38. The number of sulfone groups is 1. The lowest BCUT2D eigenvalue weighted by atomic mass is 10.0. The van der Waals surface area contributed by atoms with Crippen LogP contribution in [0.2, 0.25) is 0 Å². The number of carbonyl (C=O) groups is 1. The number of amides is 1. The van der Waals surface area contributed by atoms with Crippen molar-refractivity contribution in [1.82, 2.24) is 9.88 Å². The molecule has 0 unspecified atom stereocenters. The van der Waals surface area contributed by atoms with Gasteiger partial charge in [0.1, 0.15) is 5.82 Å². The molecule has 0 saturated carbocycles. The molecular weight excluding hydrogens is 319 g/mol. The Morgan fingerprint density at radius 2 is 1.91 bits per heavy atom. The number of rotatable bonds is 4. The van der Waals surface area contributed by atoms with Gasteiger partial charge >= 0.3 is 0 Å². The van der Waals surface area contributed by atoms with Crippen LogP contribution >= 0.6 is 0 Å². The van der Waals surface area contributed by atoms with Gasteiger partial charge in [0.2, 0.25) is 0 Å². The second-order valence-electron chi connectivity index (χ2n) is 5.57. The smallest absolute Gasteiger partial charge is 0.256 e. The van der Waals surface area contributed by atoms with E-state index in [9.17, 15) is 17.6 Å². The molecule has 1 N–H and O–H groups in total. The number of nitrogens with zero attached hydrogens (tertiary/aromatic N) is 1. The van der Waals surface area contributed by atoms with Crippen molar-refractivity contribution in [1.29, 1.82) is 0 Å². The number of hydrogen-bond donors (Lipinski definition) is 1. The largest absolute Gasteiger partial charge is 0.366 e. The molecule has 23 heavy (non-hydrogen) atoms.